The van der Waals surface area contributed by atoms with Gasteiger partial charge in [-0.1, -0.05) is 29.3 Å². The topological polar surface area (TPSA) is 79.3 Å². The normalized spacial score (nSPS) is 10.2. The Hall–Kier alpha value is -2.11. The summed E-state index contributed by atoms with van der Waals surface area (Å²) in [4.78, 5) is 26.7. The Morgan fingerprint density at radius 3 is 2.67 bits per heavy atom. The molecule has 0 saturated heterocycles. The Morgan fingerprint density at radius 1 is 1.24 bits per heavy atom. The van der Waals surface area contributed by atoms with Crippen LogP contribution in [0.3, 0.4) is 0 Å². The summed E-state index contributed by atoms with van der Waals surface area (Å²) in [5.41, 5.74) is 0.521. The van der Waals surface area contributed by atoms with Gasteiger partial charge in [0.25, 0.3) is 0 Å². The van der Waals surface area contributed by atoms with Crippen LogP contribution in [0.15, 0.2) is 36.5 Å². The van der Waals surface area contributed by atoms with Crippen LogP contribution in [0.4, 0.5) is 5.69 Å². The average Bonchev–Trinajstić information content (AvgIpc) is 2.42. The third-order valence-corrected chi connectivity index (χ3v) is 3.24. The number of nitrogens with zero attached hydrogens (tertiary/aromatic N) is 1. The zero-order chi connectivity index (χ0) is 15.4. The van der Waals surface area contributed by atoms with Gasteiger partial charge < -0.3 is 10.4 Å². The lowest BCUT2D eigenvalue weighted by atomic mass is 10.1. The number of anilines is 1. The van der Waals surface area contributed by atoms with Crippen molar-refractivity contribution in [2.45, 2.75) is 6.42 Å². The average molecular weight is 325 g/mol. The molecule has 0 aliphatic carbocycles. The molecule has 1 heterocycles. The maximum Gasteiger partial charge on any atom is 0.356 e. The van der Waals surface area contributed by atoms with Crippen LogP contribution in [0.5, 0.6) is 0 Å². The summed E-state index contributed by atoms with van der Waals surface area (Å²) in [5, 5.41) is 12.4. The summed E-state index contributed by atoms with van der Waals surface area (Å²) >= 11 is 11.8. The second-order valence-electron chi connectivity index (χ2n) is 4.17. The molecule has 2 N–H and O–H groups in total. The van der Waals surface area contributed by atoms with Crippen LogP contribution in [0.25, 0.3) is 0 Å². The quantitative estimate of drug-likeness (QED) is 0.904. The standard InChI is InChI=1S/C14H10Cl2N2O3/c15-9-4-3-8(10(16)7-9)6-12(19)18-11-2-1-5-17-13(11)14(20)21/h1-5,7H,6H2,(H,18,19)(H,20,21). The Morgan fingerprint density at radius 2 is 2.00 bits per heavy atom. The molecule has 0 atom stereocenters. The fourth-order valence-corrected chi connectivity index (χ4v) is 2.18. The van der Waals surface area contributed by atoms with Gasteiger partial charge in [-0.3, -0.25) is 4.79 Å². The molecule has 1 aromatic heterocycles. The third-order valence-electron chi connectivity index (χ3n) is 2.65. The van der Waals surface area contributed by atoms with E-state index in [2.05, 4.69) is 10.3 Å². The summed E-state index contributed by atoms with van der Waals surface area (Å²) in [6, 6.07) is 7.82. The summed E-state index contributed by atoms with van der Waals surface area (Å²) in [7, 11) is 0. The predicted molar refractivity (Wildman–Crippen MR) is 80.0 cm³/mol. The van der Waals surface area contributed by atoms with Crippen molar-refractivity contribution in [3.05, 3.63) is 57.8 Å². The second-order valence-corrected chi connectivity index (χ2v) is 5.01. The molecular formula is C14H10Cl2N2O3. The van der Waals surface area contributed by atoms with Gasteiger partial charge in [0.05, 0.1) is 12.1 Å². The molecule has 1 aromatic carbocycles. The van der Waals surface area contributed by atoms with Gasteiger partial charge >= 0.3 is 5.97 Å². The fourth-order valence-electron chi connectivity index (χ4n) is 1.71. The minimum atomic E-state index is -1.21. The molecule has 0 bridgehead atoms. The molecule has 0 aliphatic rings. The van der Waals surface area contributed by atoms with E-state index >= 15 is 0 Å². The first-order valence-corrected chi connectivity index (χ1v) is 6.65. The Kier molecular flexibility index (Phi) is 4.77. The van der Waals surface area contributed by atoms with Crippen LogP contribution < -0.4 is 5.32 Å². The lowest BCUT2D eigenvalue weighted by Crippen LogP contribution is -2.17. The van der Waals surface area contributed by atoms with Crippen LogP contribution in [-0.2, 0) is 11.2 Å². The number of amides is 1. The van der Waals surface area contributed by atoms with Gasteiger partial charge in [0.2, 0.25) is 5.91 Å². The molecule has 7 heteroatoms. The molecule has 0 aliphatic heterocycles. The van der Waals surface area contributed by atoms with E-state index in [9.17, 15) is 9.59 Å². The Balaban J connectivity index is 2.14. The zero-order valence-corrected chi connectivity index (χ0v) is 12.1. The number of aromatic nitrogens is 1. The van der Waals surface area contributed by atoms with Crippen LogP contribution in [0.1, 0.15) is 16.1 Å². The number of rotatable bonds is 4. The SMILES string of the molecule is O=C(Cc1ccc(Cl)cc1Cl)Nc1cccnc1C(=O)O. The van der Waals surface area contributed by atoms with E-state index in [1.54, 1.807) is 18.2 Å². The van der Waals surface area contributed by atoms with Gasteiger partial charge in [-0.25, -0.2) is 9.78 Å². The van der Waals surface area contributed by atoms with Gasteiger partial charge in [-0.2, -0.15) is 0 Å². The van der Waals surface area contributed by atoms with Crippen LogP contribution in [0, 0.1) is 0 Å². The molecule has 21 heavy (non-hydrogen) atoms. The molecule has 0 unspecified atom stereocenters. The molecule has 0 radical (unpaired) electrons. The van der Waals surface area contributed by atoms with Gasteiger partial charge in [0.1, 0.15) is 0 Å². The molecule has 0 saturated carbocycles. The van der Waals surface area contributed by atoms with Crippen LogP contribution >= 0.6 is 23.2 Å². The second kappa shape index (κ2) is 6.56. The van der Waals surface area contributed by atoms with E-state index in [0.717, 1.165) is 0 Å². The summed E-state index contributed by atoms with van der Waals surface area (Å²) in [6.07, 6.45) is 1.35. The number of halogens is 2. The van der Waals surface area contributed by atoms with Crippen molar-refractivity contribution in [3.63, 3.8) is 0 Å². The molecule has 2 aromatic rings. The number of hydrogen-bond donors (Lipinski definition) is 2. The van der Waals surface area contributed by atoms with Crippen molar-refractivity contribution in [1.29, 1.82) is 0 Å². The van der Waals surface area contributed by atoms with Gasteiger partial charge in [-0.15, -0.1) is 0 Å². The number of carbonyl (C=O) groups excluding carboxylic acids is 1. The van der Waals surface area contributed by atoms with Crippen molar-refractivity contribution in [2.24, 2.45) is 0 Å². The Labute approximate surface area is 130 Å². The monoisotopic (exact) mass is 324 g/mol. The number of hydrogen-bond acceptors (Lipinski definition) is 3. The van der Waals surface area contributed by atoms with Crippen LogP contribution in [0.2, 0.25) is 10.0 Å². The number of pyridine rings is 1. The molecule has 108 valence electrons. The number of aromatic carboxylic acids is 1. The highest BCUT2D eigenvalue weighted by molar-refractivity contribution is 6.35. The highest BCUT2D eigenvalue weighted by atomic mass is 35.5. The first kappa shape index (κ1) is 15.3. The van der Waals surface area contributed by atoms with Gasteiger partial charge in [-0.05, 0) is 29.8 Å². The minimum absolute atomic E-state index is 0.00392. The maximum atomic E-state index is 12.0. The van der Waals surface area contributed by atoms with E-state index in [4.69, 9.17) is 28.3 Å². The van der Waals surface area contributed by atoms with E-state index in [-0.39, 0.29) is 17.8 Å². The first-order chi connectivity index (χ1) is 9.97. The summed E-state index contributed by atoms with van der Waals surface area (Å²) in [6.45, 7) is 0. The predicted octanol–water partition coefficient (Wildman–Crippen LogP) is 3.27. The molecular weight excluding hydrogens is 315 g/mol. The highest BCUT2D eigenvalue weighted by Crippen LogP contribution is 2.22. The van der Waals surface area contributed by atoms with E-state index in [1.165, 1.54) is 18.3 Å². The van der Waals surface area contributed by atoms with E-state index in [1.807, 2.05) is 0 Å². The summed E-state index contributed by atoms with van der Waals surface area (Å²) < 4.78 is 0. The maximum absolute atomic E-state index is 12.0. The number of benzene rings is 1. The van der Waals surface area contributed by atoms with Gasteiger partial charge in [0, 0.05) is 16.2 Å². The lowest BCUT2D eigenvalue weighted by molar-refractivity contribution is -0.115. The van der Waals surface area contributed by atoms with E-state index < -0.39 is 11.9 Å². The number of carboxylic acids is 1. The molecule has 1 amide bonds. The first-order valence-electron chi connectivity index (χ1n) is 5.89. The van der Waals surface area contributed by atoms with Crippen molar-refractivity contribution < 1.29 is 14.7 Å². The minimum Gasteiger partial charge on any atom is -0.476 e. The molecule has 0 spiro atoms. The van der Waals surface area contributed by atoms with Crippen molar-refractivity contribution in [1.82, 2.24) is 4.98 Å². The molecule has 2 rings (SSSR count). The van der Waals surface area contributed by atoms with Crippen LogP contribution in [-0.4, -0.2) is 22.0 Å². The lowest BCUT2D eigenvalue weighted by Gasteiger charge is -2.08. The number of carboxylic acid groups (broad SMARTS) is 1. The number of carbonyl (C=O) groups is 2. The summed E-state index contributed by atoms with van der Waals surface area (Å²) in [5.74, 6) is -1.61. The number of nitrogens with one attached hydrogen (secondary N) is 1. The van der Waals surface area contributed by atoms with Crippen molar-refractivity contribution in [2.75, 3.05) is 5.32 Å². The van der Waals surface area contributed by atoms with Gasteiger partial charge in [0.15, 0.2) is 5.69 Å². The highest BCUT2D eigenvalue weighted by Gasteiger charge is 2.14. The molecule has 5 nitrogen and oxygen atoms in total. The zero-order valence-electron chi connectivity index (χ0n) is 10.6. The fraction of sp³-hybridized carbons (Fsp3) is 0.0714. The van der Waals surface area contributed by atoms with E-state index in [0.29, 0.717) is 15.6 Å². The van der Waals surface area contributed by atoms with Crippen molar-refractivity contribution >= 4 is 40.8 Å². The van der Waals surface area contributed by atoms with Crippen molar-refractivity contribution in [3.8, 4) is 0 Å². The third kappa shape index (κ3) is 3.93. The molecule has 0 fully saturated rings. The smallest absolute Gasteiger partial charge is 0.356 e. The largest absolute Gasteiger partial charge is 0.476 e. The Bertz CT molecular complexity index is 704.